The number of nitrogens with zero attached hydrogens (tertiary/aromatic N) is 1. The Hall–Kier alpha value is -4.72. The summed E-state index contributed by atoms with van der Waals surface area (Å²) in [5.41, 5.74) is 5.04. The second kappa shape index (κ2) is 10.0. The number of ether oxygens (including phenoxy) is 1. The average molecular weight is 553 g/mol. The number of amides is 1. The van der Waals surface area contributed by atoms with E-state index in [-0.39, 0.29) is 22.9 Å². The predicted molar refractivity (Wildman–Crippen MR) is 153 cm³/mol. The number of rotatable bonds is 8. The fourth-order valence-electron chi connectivity index (χ4n) is 5.48. The van der Waals surface area contributed by atoms with Crippen molar-refractivity contribution in [2.75, 3.05) is 14.2 Å². The molecule has 1 N–H and O–H groups in total. The first kappa shape index (κ1) is 26.5. The third-order valence-corrected chi connectivity index (χ3v) is 7.92. The number of carbonyl (C=O) groups excluding carboxylic acids is 2. The van der Waals surface area contributed by atoms with Crippen molar-refractivity contribution in [2.45, 2.75) is 38.5 Å². The number of hydrogen-bond acceptors (Lipinski definition) is 6. The van der Waals surface area contributed by atoms with Gasteiger partial charge in [0.25, 0.3) is 5.91 Å². The molecule has 0 atom stereocenters. The lowest BCUT2D eigenvalue weighted by molar-refractivity contribution is 0.0957. The predicted octanol–water partition coefficient (Wildman–Crippen LogP) is 7.18. The average Bonchev–Trinajstić information content (AvgIpc) is 3.44. The van der Waals surface area contributed by atoms with Crippen LogP contribution in [0.2, 0.25) is 0 Å². The highest BCUT2D eigenvalue weighted by Gasteiger charge is 2.48. The standard InChI is InChI=1S/C33H29FN2O5/c1-18-13-28(39-4)24(26(37)16-33(11-12-33)29-17-40-19(2)36-29)15-23(18)21-7-10-27-25(14-21)30(32(38)35-3)31(41-27)20-5-8-22(34)9-6-20/h5-10,13-15,17H,11-12,16H2,1-4H3,(H,35,38). The van der Waals surface area contributed by atoms with Gasteiger partial charge in [-0.25, -0.2) is 9.37 Å². The van der Waals surface area contributed by atoms with Gasteiger partial charge in [-0.15, -0.1) is 0 Å². The third kappa shape index (κ3) is 4.69. The van der Waals surface area contributed by atoms with Crippen molar-refractivity contribution in [2.24, 2.45) is 0 Å². The highest BCUT2D eigenvalue weighted by Crippen LogP contribution is 2.51. The highest BCUT2D eigenvalue weighted by molar-refractivity contribution is 6.12. The molecule has 1 fully saturated rings. The summed E-state index contributed by atoms with van der Waals surface area (Å²) in [6, 6.07) is 15.2. The summed E-state index contributed by atoms with van der Waals surface area (Å²) in [5.74, 6) is 0.727. The van der Waals surface area contributed by atoms with Gasteiger partial charge >= 0.3 is 0 Å². The summed E-state index contributed by atoms with van der Waals surface area (Å²) in [6.45, 7) is 3.75. The number of hydrogen-bond donors (Lipinski definition) is 1. The van der Waals surface area contributed by atoms with Crippen molar-refractivity contribution in [3.63, 3.8) is 0 Å². The number of benzene rings is 3. The Kier molecular flexibility index (Phi) is 6.49. The maximum Gasteiger partial charge on any atom is 0.255 e. The molecule has 0 radical (unpaired) electrons. The number of methoxy groups -OCH3 is 1. The van der Waals surface area contributed by atoms with Gasteiger partial charge in [-0.3, -0.25) is 9.59 Å². The molecule has 0 bridgehead atoms. The molecule has 8 heteroatoms. The van der Waals surface area contributed by atoms with Crippen LogP contribution < -0.4 is 10.1 Å². The molecule has 41 heavy (non-hydrogen) atoms. The van der Waals surface area contributed by atoms with E-state index in [1.807, 2.05) is 31.2 Å². The normalized spacial score (nSPS) is 13.8. The number of furan rings is 1. The van der Waals surface area contributed by atoms with Crippen LogP contribution in [0, 0.1) is 19.7 Å². The Bertz CT molecular complexity index is 1810. The van der Waals surface area contributed by atoms with Crippen molar-refractivity contribution < 1.29 is 27.6 Å². The van der Waals surface area contributed by atoms with Crippen LogP contribution in [-0.4, -0.2) is 30.8 Å². The molecule has 0 aliphatic heterocycles. The zero-order valence-electron chi connectivity index (χ0n) is 23.3. The number of aryl methyl sites for hydroxylation is 2. The summed E-state index contributed by atoms with van der Waals surface area (Å²) >= 11 is 0. The number of ketones is 1. The summed E-state index contributed by atoms with van der Waals surface area (Å²) in [4.78, 5) is 31.2. The molecule has 5 aromatic rings. The fourth-order valence-corrected chi connectivity index (χ4v) is 5.48. The largest absolute Gasteiger partial charge is 0.496 e. The number of Topliss-reactive ketones (excluding diaryl/α,β-unsaturated/α-hetero) is 1. The molecule has 1 aliphatic rings. The monoisotopic (exact) mass is 552 g/mol. The molecule has 0 unspecified atom stereocenters. The van der Waals surface area contributed by atoms with Gasteiger partial charge in [0, 0.05) is 36.8 Å². The van der Waals surface area contributed by atoms with Gasteiger partial charge in [-0.1, -0.05) is 6.07 Å². The molecule has 7 nitrogen and oxygen atoms in total. The van der Waals surface area contributed by atoms with E-state index in [1.54, 1.807) is 45.5 Å². The third-order valence-electron chi connectivity index (χ3n) is 7.92. The van der Waals surface area contributed by atoms with E-state index in [0.717, 1.165) is 35.2 Å². The van der Waals surface area contributed by atoms with Crippen LogP contribution in [0.15, 0.2) is 69.7 Å². The van der Waals surface area contributed by atoms with Gasteiger partial charge in [-0.05, 0) is 85.0 Å². The van der Waals surface area contributed by atoms with Gasteiger partial charge in [-0.2, -0.15) is 0 Å². The van der Waals surface area contributed by atoms with Crippen molar-refractivity contribution in [3.05, 3.63) is 95.0 Å². The van der Waals surface area contributed by atoms with Gasteiger partial charge in [0.2, 0.25) is 0 Å². The molecule has 2 aromatic heterocycles. The zero-order valence-corrected chi connectivity index (χ0v) is 23.3. The summed E-state index contributed by atoms with van der Waals surface area (Å²) < 4.78 is 30.7. The molecular weight excluding hydrogens is 523 g/mol. The smallest absolute Gasteiger partial charge is 0.255 e. The number of carbonyl (C=O) groups is 2. The quantitative estimate of drug-likeness (QED) is 0.205. The van der Waals surface area contributed by atoms with Crippen LogP contribution in [0.5, 0.6) is 5.75 Å². The number of halogens is 1. The van der Waals surface area contributed by atoms with E-state index in [9.17, 15) is 14.0 Å². The summed E-state index contributed by atoms with van der Waals surface area (Å²) in [7, 11) is 3.11. The topological polar surface area (TPSA) is 94.6 Å². The van der Waals surface area contributed by atoms with Gasteiger partial charge < -0.3 is 18.9 Å². The Labute approximate surface area is 236 Å². The SMILES string of the molecule is CNC(=O)c1c(-c2ccc(F)cc2)oc2ccc(-c3cc(C(=O)CC4(c5coc(C)n5)CC4)c(OC)cc3C)cc12. The van der Waals surface area contributed by atoms with Gasteiger partial charge in [0.15, 0.2) is 11.7 Å². The maximum atomic E-state index is 13.7. The lowest BCUT2D eigenvalue weighted by Crippen LogP contribution is -2.18. The minimum atomic E-state index is -0.377. The molecule has 3 aromatic carbocycles. The molecule has 208 valence electrons. The van der Waals surface area contributed by atoms with Crippen molar-refractivity contribution in [1.82, 2.24) is 10.3 Å². The maximum absolute atomic E-state index is 13.7. The minimum absolute atomic E-state index is 0.0321. The first-order valence-electron chi connectivity index (χ1n) is 13.4. The number of fused-ring (bicyclic) bond motifs is 1. The Morgan fingerprint density at radius 2 is 1.78 bits per heavy atom. The van der Waals surface area contributed by atoms with Crippen LogP contribution in [-0.2, 0) is 5.41 Å². The van der Waals surface area contributed by atoms with Crippen molar-refractivity contribution >= 4 is 22.7 Å². The van der Waals surface area contributed by atoms with E-state index >= 15 is 0 Å². The molecule has 1 aliphatic carbocycles. The molecule has 0 spiro atoms. The summed E-state index contributed by atoms with van der Waals surface area (Å²) in [6.07, 6.45) is 3.71. The lowest BCUT2D eigenvalue weighted by atomic mass is 9.89. The van der Waals surface area contributed by atoms with E-state index in [1.165, 1.54) is 12.1 Å². The second-order valence-corrected chi connectivity index (χ2v) is 10.6. The van der Waals surface area contributed by atoms with Crippen molar-refractivity contribution in [1.29, 1.82) is 0 Å². The van der Waals surface area contributed by atoms with Gasteiger partial charge in [0.1, 0.15) is 29.2 Å². The van der Waals surface area contributed by atoms with E-state index in [4.69, 9.17) is 13.6 Å². The van der Waals surface area contributed by atoms with Crippen LogP contribution >= 0.6 is 0 Å². The van der Waals surface area contributed by atoms with E-state index < -0.39 is 0 Å². The first-order chi connectivity index (χ1) is 19.7. The molecular formula is C33H29FN2O5. The number of oxazole rings is 1. The fraction of sp³-hybridized carbons (Fsp3) is 0.242. The van der Waals surface area contributed by atoms with Crippen LogP contribution in [0.3, 0.4) is 0 Å². The minimum Gasteiger partial charge on any atom is -0.496 e. The summed E-state index contributed by atoms with van der Waals surface area (Å²) in [5, 5.41) is 3.30. The molecule has 6 rings (SSSR count). The van der Waals surface area contributed by atoms with Gasteiger partial charge in [0.05, 0.1) is 23.9 Å². The second-order valence-electron chi connectivity index (χ2n) is 10.6. The van der Waals surface area contributed by atoms with Crippen molar-refractivity contribution in [3.8, 4) is 28.2 Å². The van der Waals surface area contributed by atoms with Crippen LogP contribution in [0.25, 0.3) is 33.4 Å². The van der Waals surface area contributed by atoms with E-state index in [2.05, 4.69) is 10.3 Å². The lowest BCUT2D eigenvalue weighted by Gasteiger charge is -2.16. The Morgan fingerprint density at radius 1 is 1.05 bits per heavy atom. The van der Waals surface area contributed by atoms with Crippen LogP contribution in [0.1, 0.15) is 57.1 Å². The Morgan fingerprint density at radius 3 is 2.41 bits per heavy atom. The molecule has 2 heterocycles. The Balaban J connectivity index is 1.43. The van der Waals surface area contributed by atoms with Crippen LogP contribution in [0.4, 0.5) is 4.39 Å². The molecule has 1 saturated carbocycles. The number of nitrogens with one attached hydrogen (secondary N) is 1. The highest BCUT2D eigenvalue weighted by atomic mass is 19.1. The zero-order chi connectivity index (χ0) is 28.9. The molecule has 1 amide bonds. The van der Waals surface area contributed by atoms with E-state index in [0.29, 0.717) is 51.5 Å². The first-order valence-corrected chi connectivity index (χ1v) is 13.4. The molecule has 0 saturated heterocycles. The number of aromatic nitrogens is 1.